The molecule has 6 atom stereocenters. The largest absolute Gasteiger partial charge is 0.497 e. The van der Waals surface area contributed by atoms with Crippen LogP contribution < -0.4 is 24.3 Å². The SMILES string of the molecule is C/C=C1/CN2[C@@H]3C[C@@]45c6cc(OC)ccc6N[C@]4(O3)[C@@H]2C[C@@H]1[C@@]5(COC(=O)c1cc(OC)c(OC)c(OC)c1)C(=O)OC. The minimum absolute atomic E-state index is 0.0157. The number of rotatable bonds is 8. The van der Waals surface area contributed by atoms with Gasteiger partial charge < -0.3 is 38.5 Å². The Morgan fingerprint density at radius 2 is 1.79 bits per heavy atom. The second-order valence-corrected chi connectivity index (χ2v) is 11.7. The third-order valence-electron chi connectivity index (χ3n) is 10.6. The number of hydrogen-bond acceptors (Lipinski definition) is 11. The van der Waals surface area contributed by atoms with Gasteiger partial charge in [0.1, 0.15) is 24.0 Å². The molecule has 0 radical (unpaired) electrons. The van der Waals surface area contributed by atoms with Gasteiger partial charge in [-0.05, 0) is 49.2 Å². The zero-order valence-electron chi connectivity index (χ0n) is 25.1. The number of carbonyl (C=O) groups excluding carboxylic acids is 2. The Morgan fingerprint density at radius 3 is 2.42 bits per heavy atom. The van der Waals surface area contributed by atoms with Crippen LogP contribution in [-0.2, 0) is 24.4 Å². The number of nitrogens with one attached hydrogen (secondary N) is 1. The van der Waals surface area contributed by atoms with Crippen LogP contribution in [0.4, 0.5) is 5.69 Å². The summed E-state index contributed by atoms with van der Waals surface area (Å²) in [5.74, 6) is 0.347. The summed E-state index contributed by atoms with van der Waals surface area (Å²) in [5, 5.41) is 3.72. The zero-order chi connectivity index (χ0) is 30.3. The highest BCUT2D eigenvalue weighted by Gasteiger charge is 2.87. The lowest BCUT2D eigenvalue weighted by atomic mass is 9.42. The van der Waals surface area contributed by atoms with E-state index in [2.05, 4.69) is 16.3 Å². The van der Waals surface area contributed by atoms with Crippen molar-refractivity contribution >= 4 is 17.6 Å². The molecule has 4 aliphatic heterocycles. The van der Waals surface area contributed by atoms with Crippen molar-refractivity contribution < 1.29 is 42.7 Å². The molecule has 0 amide bonds. The Hall–Kier alpha value is -3.96. The van der Waals surface area contributed by atoms with Crippen molar-refractivity contribution in [3.8, 4) is 23.0 Å². The Labute approximate surface area is 249 Å². The van der Waals surface area contributed by atoms with Crippen molar-refractivity contribution in [1.29, 1.82) is 0 Å². The van der Waals surface area contributed by atoms with Crippen molar-refractivity contribution in [1.82, 2.24) is 4.90 Å². The van der Waals surface area contributed by atoms with Crippen LogP contribution in [-0.4, -0.2) is 83.5 Å². The number of esters is 2. The molecule has 3 saturated heterocycles. The smallest absolute Gasteiger partial charge is 0.338 e. The second kappa shape index (κ2) is 9.52. The molecule has 1 N–H and O–H groups in total. The number of methoxy groups -OCH3 is 5. The number of piperidine rings is 2. The summed E-state index contributed by atoms with van der Waals surface area (Å²) >= 11 is 0. The van der Waals surface area contributed by atoms with Gasteiger partial charge in [0.25, 0.3) is 0 Å². The number of carbonyl (C=O) groups is 2. The lowest BCUT2D eigenvalue weighted by molar-refractivity contribution is -0.191. The molecule has 4 heterocycles. The summed E-state index contributed by atoms with van der Waals surface area (Å²) < 4.78 is 40.8. The first-order valence-corrected chi connectivity index (χ1v) is 14.4. The highest BCUT2D eigenvalue weighted by atomic mass is 16.6. The summed E-state index contributed by atoms with van der Waals surface area (Å²) in [6, 6.07) is 8.95. The van der Waals surface area contributed by atoms with Crippen LogP contribution in [0.3, 0.4) is 0 Å². The number of hydrogen-bond donors (Lipinski definition) is 1. The van der Waals surface area contributed by atoms with Gasteiger partial charge in [0.15, 0.2) is 17.2 Å². The molecule has 2 aromatic rings. The van der Waals surface area contributed by atoms with Gasteiger partial charge in [-0.2, -0.15) is 0 Å². The second-order valence-electron chi connectivity index (χ2n) is 11.7. The zero-order valence-corrected chi connectivity index (χ0v) is 25.1. The molecule has 7 rings (SSSR count). The molecule has 4 bridgehead atoms. The average Bonchev–Trinajstić information content (AvgIpc) is 3.66. The predicted octanol–water partition coefficient (Wildman–Crippen LogP) is 3.51. The third kappa shape index (κ3) is 3.21. The fourth-order valence-corrected chi connectivity index (χ4v) is 8.91. The van der Waals surface area contributed by atoms with Gasteiger partial charge in [-0.1, -0.05) is 11.6 Å². The number of nitrogens with zero attached hydrogens (tertiary/aromatic N) is 1. The minimum Gasteiger partial charge on any atom is -0.497 e. The van der Waals surface area contributed by atoms with Gasteiger partial charge >= 0.3 is 11.9 Å². The molecule has 0 aromatic heterocycles. The highest BCUT2D eigenvalue weighted by molar-refractivity contribution is 5.92. The molecule has 11 heteroatoms. The number of ether oxygens (including phenoxy) is 7. The van der Waals surface area contributed by atoms with Crippen molar-refractivity contribution in [2.75, 3.05) is 54.0 Å². The number of allylic oxidation sites excluding steroid dienone is 1. The third-order valence-corrected chi connectivity index (χ3v) is 10.6. The summed E-state index contributed by atoms with van der Waals surface area (Å²) in [7, 11) is 7.47. The molecule has 0 unspecified atom stereocenters. The van der Waals surface area contributed by atoms with E-state index in [4.69, 9.17) is 33.2 Å². The van der Waals surface area contributed by atoms with Crippen molar-refractivity contribution in [2.24, 2.45) is 11.3 Å². The standard InChI is InChI=1S/C32H36N2O9/c1-7-17-15-34-25-13-20(17)30(29(36)41-6,16-42-28(35)18-10-23(38-3)27(40-5)24(11-18)39-4)31-14-26(34)43-32(25,31)33-22-9-8-19(37-2)12-21(22)31/h7-12,20,25-26,33H,13-16H2,1-6H3/b17-7-/t20-,25-,26-,30-,31-,32-/m0/s1. The summed E-state index contributed by atoms with van der Waals surface area (Å²) in [4.78, 5) is 30.7. The molecule has 228 valence electrons. The van der Waals surface area contributed by atoms with Gasteiger partial charge in [0.2, 0.25) is 5.75 Å². The minimum atomic E-state index is -1.30. The fourth-order valence-electron chi connectivity index (χ4n) is 8.91. The predicted molar refractivity (Wildman–Crippen MR) is 154 cm³/mol. The van der Waals surface area contributed by atoms with E-state index in [1.807, 2.05) is 25.1 Å². The maximum absolute atomic E-state index is 14.5. The van der Waals surface area contributed by atoms with Gasteiger partial charge in [0, 0.05) is 24.6 Å². The average molecular weight is 593 g/mol. The van der Waals surface area contributed by atoms with E-state index < -0.39 is 28.5 Å². The molecule has 1 aliphatic carbocycles. The monoisotopic (exact) mass is 592 g/mol. The van der Waals surface area contributed by atoms with Crippen LogP contribution in [0.15, 0.2) is 42.0 Å². The Bertz CT molecular complexity index is 1530. The molecule has 4 fully saturated rings. The van der Waals surface area contributed by atoms with E-state index in [0.29, 0.717) is 42.4 Å². The molecule has 11 nitrogen and oxygen atoms in total. The first-order chi connectivity index (χ1) is 20.8. The lowest BCUT2D eigenvalue weighted by Gasteiger charge is -2.64. The molecule has 1 spiro atoms. The van der Waals surface area contributed by atoms with Crippen LogP contribution in [0.25, 0.3) is 0 Å². The maximum Gasteiger partial charge on any atom is 0.338 e. The lowest BCUT2D eigenvalue weighted by Crippen LogP contribution is -2.78. The molecule has 5 aliphatic rings. The van der Waals surface area contributed by atoms with E-state index in [9.17, 15) is 9.59 Å². The molecule has 43 heavy (non-hydrogen) atoms. The van der Waals surface area contributed by atoms with Crippen LogP contribution in [0.1, 0.15) is 35.7 Å². The number of anilines is 1. The van der Waals surface area contributed by atoms with Crippen LogP contribution >= 0.6 is 0 Å². The molecular formula is C32H36N2O9. The Morgan fingerprint density at radius 1 is 1.05 bits per heavy atom. The van der Waals surface area contributed by atoms with Crippen LogP contribution in [0, 0.1) is 11.3 Å². The van der Waals surface area contributed by atoms with E-state index in [0.717, 1.165) is 16.8 Å². The summed E-state index contributed by atoms with van der Waals surface area (Å²) in [5.41, 5.74) is -0.0273. The summed E-state index contributed by atoms with van der Waals surface area (Å²) in [6.45, 7) is 2.43. The highest BCUT2D eigenvalue weighted by Crippen LogP contribution is 2.76. The first kappa shape index (κ1) is 27.8. The molecule has 1 saturated carbocycles. The van der Waals surface area contributed by atoms with Gasteiger partial charge in [0.05, 0.1) is 52.6 Å². The number of fused-ring (bicyclic) bond motifs is 4. The first-order valence-electron chi connectivity index (χ1n) is 14.4. The van der Waals surface area contributed by atoms with Crippen molar-refractivity contribution in [3.63, 3.8) is 0 Å². The van der Waals surface area contributed by atoms with E-state index in [1.165, 1.54) is 28.4 Å². The number of benzene rings is 2. The Kier molecular flexibility index (Phi) is 6.17. The normalized spacial score (nSPS) is 33.4. The molecular weight excluding hydrogens is 556 g/mol. The van der Waals surface area contributed by atoms with Gasteiger partial charge in [-0.25, -0.2) is 4.79 Å². The maximum atomic E-state index is 14.5. The Balaban J connectivity index is 1.40. The van der Waals surface area contributed by atoms with E-state index in [1.54, 1.807) is 19.2 Å². The quantitative estimate of drug-likeness (QED) is 0.359. The van der Waals surface area contributed by atoms with Gasteiger partial charge in [-0.15, -0.1) is 0 Å². The van der Waals surface area contributed by atoms with Crippen LogP contribution in [0.5, 0.6) is 23.0 Å². The van der Waals surface area contributed by atoms with Crippen LogP contribution in [0.2, 0.25) is 0 Å². The molecule has 2 aromatic carbocycles. The van der Waals surface area contributed by atoms with Crippen molar-refractivity contribution in [3.05, 3.63) is 53.1 Å². The van der Waals surface area contributed by atoms with Crippen molar-refractivity contribution in [2.45, 2.75) is 43.2 Å². The summed E-state index contributed by atoms with van der Waals surface area (Å²) in [6.07, 6.45) is 3.03. The van der Waals surface area contributed by atoms with Gasteiger partial charge in [-0.3, -0.25) is 9.69 Å². The topological polar surface area (TPSA) is 114 Å². The van der Waals surface area contributed by atoms with E-state index in [-0.39, 0.29) is 30.4 Å². The van der Waals surface area contributed by atoms with E-state index >= 15 is 0 Å². The fraction of sp³-hybridized carbons (Fsp3) is 0.500.